The van der Waals surface area contributed by atoms with Crippen LogP contribution in [-0.2, 0) is 16.0 Å². The van der Waals surface area contributed by atoms with Gasteiger partial charge in [-0.15, -0.1) is 0 Å². The quantitative estimate of drug-likeness (QED) is 0.888. The van der Waals surface area contributed by atoms with Gasteiger partial charge < -0.3 is 10.1 Å². The normalized spacial score (nSPS) is 20.2. The van der Waals surface area contributed by atoms with Gasteiger partial charge in [-0.25, -0.2) is 4.39 Å². The number of aryl methyl sites for hydroxylation is 1. The minimum absolute atomic E-state index is 0.00717. The fourth-order valence-electron chi connectivity index (χ4n) is 2.37. The van der Waals surface area contributed by atoms with Crippen molar-refractivity contribution in [3.05, 3.63) is 35.6 Å². The van der Waals surface area contributed by atoms with Crippen molar-refractivity contribution in [3.63, 3.8) is 0 Å². The molecule has 104 valence electrons. The maximum Gasteiger partial charge on any atom is 0.220 e. The van der Waals surface area contributed by atoms with Gasteiger partial charge in [-0.2, -0.15) is 0 Å². The van der Waals surface area contributed by atoms with E-state index in [0.717, 1.165) is 25.0 Å². The summed E-state index contributed by atoms with van der Waals surface area (Å²) in [5.74, 6) is -0.266. The standard InChI is InChI=1S/C15H20FNO2/c1-11(14-6-3-9-19-14)17-15(18)8-7-12-4-2-5-13(16)10-12/h2,4-5,10-11,14H,3,6-9H2,1H3,(H,17,18). The summed E-state index contributed by atoms with van der Waals surface area (Å²) in [7, 11) is 0. The number of rotatable bonds is 5. The predicted octanol–water partition coefficient (Wildman–Crippen LogP) is 2.44. The van der Waals surface area contributed by atoms with E-state index >= 15 is 0 Å². The molecule has 2 rings (SSSR count). The van der Waals surface area contributed by atoms with E-state index in [1.54, 1.807) is 6.07 Å². The number of benzene rings is 1. The van der Waals surface area contributed by atoms with Crippen LogP contribution in [0.15, 0.2) is 24.3 Å². The van der Waals surface area contributed by atoms with Gasteiger partial charge in [0.2, 0.25) is 5.91 Å². The zero-order chi connectivity index (χ0) is 13.7. The number of halogens is 1. The number of hydrogen-bond donors (Lipinski definition) is 1. The fraction of sp³-hybridized carbons (Fsp3) is 0.533. The first-order valence-corrected chi connectivity index (χ1v) is 6.80. The van der Waals surface area contributed by atoms with E-state index < -0.39 is 0 Å². The molecule has 0 aliphatic carbocycles. The Morgan fingerprint density at radius 1 is 1.58 bits per heavy atom. The highest BCUT2D eigenvalue weighted by molar-refractivity contribution is 5.76. The maximum atomic E-state index is 13.0. The third kappa shape index (κ3) is 4.31. The molecule has 0 bridgehead atoms. The second kappa shape index (κ2) is 6.66. The van der Waals surface area contributed by atoms with Gasteiger partial charge in [-0.05, 0) is 43.9 Å². The number of nitrogens with one attached hydrogen (secondary N) is 1. The maximum absolute atomic E-state index is 13.0. The van der Waals surface area contributed by atoms with Crippen molar-refractivity contribution < 1.29 is 13.9 Å². The zero-order valence-corrected chi connectivity index (χ0v) is 11.2. The number of ether oxygens (including phenoxy) is 1. The van der Waals surface area contributed by atoms with Crippen molar-refractivity contribution in [1.29, 1.82) is 0 Å². The molecule has 0 aromatic heterocycles. The number of amides is 1. The summed E-state index contributed by atoms with van der Waals surface area (Å²) in [6.07, 6.45) is 3.14. The second-order valence-electron chi connectivity index (χ2n) is 5.04. The Bertz CT molecular complexity index is 430. The summed E-state index contributed by atoms with van der Waals surface area (Å²) < 4.78 is 18.5. The van der Waals surface area contributed by atoms with Gasteiger partial charge in [0.25, 0.3) is 0 Å². The van der Waals surface area contributed by atoms with Gasteiger partial charge >= 0.3 is 0 Å². The first kappa shape index (κ1) is 14.0. The number of hydrogen-bond acceptors (Lipinski definition) is 2. The minimum Gasteiger partial charge on any atom is -0.376 e. The van der Waals surface area contributed by atoms with Crippen LogP contribution >= 0.6 is 0 Å². The van der Waals surface area contributed by atoms with Crippen molar-refractivity contribution in [2.45, 2.75) is 44.8 Å². The lowest BCUT2D eigenvalue weighted by Gasteiger charge is -2.19. The highest BCUT2D eigenvalue weighted by Crippen LogP contribution is 2.15. The molecule has 1 aromatic carbocycles. The molecule has 0 radical (unpaired) electrons. The highest BCUT2D eigenvalue weighted by Gasteiger charge is 2.23. The first-order valence-electron chi connectivity index (χ1n) is 6.80. The average Bonchev–Trinajstić information content (AvgIpc) is 2.90. The molecule has 0 saturated carbocycles. The Kier molecular flexibility index (Phi) is 4.91. The second-order valence-corrected chi connectivity index (χ2v) is 5.04. The van der Waals surface area contributed by atoms with E-state index in [-0.39, 0.29) is 23.9 Å². The van der Waals surface area contributed by atoms with Crippen molar-refractivity contribution >= 4 is 5.91 Å². The summed E-state index contributed by atoms with van der Waals surface area (Å²) in [5.41, 5.74) is 0.847. The Morgan fingerprint density at radius 3 is 3.11 bits per heavy atom. The Labute approximate surface area is 113 Å². The van der Waals surface area contributed by atoms with Crippen LogP contribution in [0.1, 0.15) is 31.7 Å². The molecule has 2 unspecified atom stereocenters. The number of carbonyl (C=O) groups is 1. The Balaban J connectivity index is 1.75. The summed E-state index contributed by atoms with van der Waals surface area (Å²) >= 11 is 0. The van der Waals surface area contributed by atoms with Gasteiger partial charge in [0.1, 0.15) is 5.82 Å². The van der Waals surface area contributed by atoms with E-state index in [1.165, 1.54) is 12.1 Å². The van der Waals surface area contributed by atoms with E-state index in [9.17, 15) is 9.18 Å². The molecule has 1 fully saturated rings. The third-order valence-corrected chi connectivity index (χ3v) is 3.44. The van der Waals surface area contributed by atoms with Crippen LogP contribution in [0.5, 0.6) is 0 Å². The van der Waals surface area contributed by atoms with Crippen molar-refractivity contribution in [3.8, 4) is 0 Å². The summed E-state index contributed by atoms with van der Waals surface area (Å²) in [5, 5.41) is 2.95. The van der Waals surface area contributed by atoms with Crippen molar-refractivity contribution in [2.75, 3.05) is 6.61 Å². The summed E-state index contributed by atoms with van der Waals surface area (Å²) in [6.45, 7) is 2.75. The molecule has 1 aromatic rings. The van der Waals surface area contributed by atoms with Gasteiger partial charge in [0.05, 0.1) is 12.1 Å². The number of carbonyl (C=O) groups excluding carboxylic acids is 1. The smallest absolute Gasteiger partial charge is 0.220 e. The lowest BCUT2D eigenvalue weighted by Crippen LogP contribution is -2.40. The predicted molar refractivity (Wildman–Crippen MR) is 71.3 cm³/mol. The highest BCUT2D eigenvalue weighted by atomic mass is 19.1. The Morgan fingerprint density at radius 2 is 2.42 bits per heavy atom. The summed E-state index contributed by atoms with van der Waals surface area (Å²) in [4.78, 5) is 11.8. The van der Waals surface area contributed by atoms with Crippen LogP contribution < -0.4 is 5.32 Å². The average molecular weight is 265 g/mol. The van der Waals surface area contributed by atoms with Gasteiger partial charge in [-0.1, -0.05) is 12.1 Å². The molecule has 3 nitrogen and oxygen atoms in total. The molecule has 1 amide bonds. The Hall–Kier alpha value is -1.42. The molecule has 0 spiro atoms. The topological polar surface area (TPSA) is 38.3 Å². The zero-order valence-electron chi connectivity index (χ0n) is 11.2. The molecule has 19 heavy (non-hydrogen) atoms. The van der Waals surface area contributed by atoms with E-state index in [2.05, 4.69) is 5.32 Å². The van der Waals surface area contributed by atoms with Crippen molar-refractivity contribution in [2.24, 2.45) is 0 Å². The van der Waals surface area contributed by atoms with Crippen LogP contribution in [0.3, 0.4) is 0 Å². The summed E-state index contributed by atoms with van der Waals surface area (Å²) in [6, 6.07) is 6.42. The molecule has 1 aliphatic rings. The van der Waals surface area contributed by atoms with Crippen LogP contribution in [0, 0.1) is 5.82 Å². The molecule has 2 atom stereocenters. The monoisotopic (exact) mass is 265 g/mol. The van der Waals surface area contributed by atoms with Crippen LogP contribution in [0.4, 0.5) is 4.39 Å². The van der Waals surface area contributed by atoms with Crippen LogP contribution in [-0.4, -0.2) is 24.7 Å². The fourth-order valence-corrected chi connectivity index (χ4v) is 2.37. The third-order valence-electron chi connectivity index (χ3n) is 3.44. The largest absolute Gasteiger partial charge is 0.376 e. The minimum atomic E-state index is -0.259. The molecule has 1 N–H and O–H groups in total. The van der Waals surface area contributed by atoms with E-state index in [4.69, 9.17) is 4.74 Å². The van der Waals surface area contributed by atoms with Gasteiger partial charge in [0, 0.05) is 13.0 Å². The van der Waals surface area contributed by atoms with Gasteiger partial charge in [0.15, 0.2) is 0 Å². The first-order chi connectivity index (χ1) is 9.15. The molecule has 4 heteroatoms. The molecule has 1 aliphatic heterocycles. The van der Waals surface area contributed by atoms with E-state index in [1.807, 2.05) is 13.0 Å². The lowest BCUT2D eigenvalue weighted by atomic mass is 10.1. The SMILES string of the molecule is CC(NC(=O)CCc1cccc(F)c1)C1CCCO1. The van der Waals surface area contributed by atoms with Crippen LogP contribution in [0.25, 0.3) is 0 Å². The molecule has 1 saturated heterocycles. The van der Waals surface area contributed by atoms with Gasteiger partial charge in [-0.3, -0.25) is 4.79 Å². The molecule has 1 heterocycles. The molecular formula is C15H20FNO2. The van der Waals surface area contributed by atoms with Crippen LogP contribution in [0.2, 0.25) is 0 Å². The molecular weight excluding hydrogens is 245 g/mol. The lowest BCUT2D eigenvalue weighted by molar-refractivity contribution is -0.122. The van der Waals surface area contributed by atoms with E-state index in [0.29, 0.717) is 12.8 Å². The van der Waals surface area contributed by atoms with Crippen molar-refractivity contribution in [1.82, 2.24) is 5.32 Å².